The number of sulfonamides is 1. The average Bonchev–Trinajstić information content (AvgIpc) is 2.41. The van der Waals surface area contributed by atoms with Gasteiger partial charge in [-0.15, -0.1) is 0 Å². The zero-order chi connectivity index (χ0) is 16.0. The van der Waals surface area contributed by atoms with E-state index in [1.54, 1.807) is 0 Å². The topological polar surface area (TPSA) is 75.6 Å². The molecule has 1 rings (SSSR count). The molecule has 1 aromatic rings. The number of aliphatic hydroxyl groups excluding tert-OH is 1. The van der Waals surface area contributed by atoms with E-state index < -0.39 is 39.2 Å². The normalized spacial score (nSPS) is 13.4. The molecule has 2 N–H and O–H groups in total. The summed E-state index contributed by atoms with van der Waals surface area (Å²) in [6, 6.07) is 1.13. The maximum absolute atomic E-state index is 13.7. The molecule has 5 nitrogen and oxygen atoms in total. The van der Waals surface area contributed by atoms with Crippen molar-refractivity contribution in [2.45, 2.75) is 37.3 Å². The van der Waals surface area contributed by atoms with E-state index in [2.05, 4.69) is 4.72 Å². The molecule has 0 fully saturated rings. The predicted molar refractivity (Wildman–Crippen MR) is 73.2 cm³/mol. The molecular formula is C13H19F2NO4S. The lowest BCUT2D eigenvalue weighted by Gasteiger charge is -2.18. The molecule has 8 heteroatoms. The Balaban J connectivity index is 3.14. The van der Waals surface area contributed by atoms with Gasteiger partial charge in [-0.2, -0.15) is 0 Å². The van der Waals surface area contributed by atoms with Crippen LogP contribution in [-0.4, -0.2) is 33.3 Å². The second-order valence-electron chi connectivity index (χ2n) is 4.61. The first kappa shape index (κ1) is 18.0. The third-order valence-electron chi connectivity index (χ3n) is 2.85. The second-order valence-corrected chi connectivity index (χ2v) is 6.29. The van der Waals surface area contributed by atoms with Crippen molar-refractivity contribution >= 4 is 10.0 Å². The van der Waals surface area contributed by atoms with Crippen LogP contribution in [0, 0.1) is 11.6 Å². The molecule has 0 spiro atoms. The minimum absolute atomic E-state index is 0.0203. The Kier molecular flexibility index (Phi) is 6.66. The number of rotatable bonds is 8. The minimum Gasteiger partial charge on any atom is -0.392 e. The smallest absolute Gasteiger partial charge is 0.243 e. The number of hydrogen-bond donors (Lipinski definition) is 2. The van der Waals surface area contributed by atoms with Gasteiger partial charge in [-0.1, -0.05) is 13.3 Å². The molecule has 1 aromatic carbocycles. The molecule has 0 bridgehead atoms. The van der Waals surface area contributed by atoms with E-state index in [1.807, 2.05) is 6.92 Å². The summed E-state index contributed by atoms with van der Waals surface area (Å²) in [6.45, 7) is 1.40. The molecule has 21 heavy (non-hydrogen) atoms. The molecule has 0 aliphatic rings. The molecular weight excluding hydrogens is 304 g/mol. The Labute approximate surface area is 123 Å². The molecule has 0 aliphatic heterocycles. The summed E-state index contributed by atoms with van der Waals surface area (Å²) < 4.78 is 58.7. The number of benzene rings is 1. The van der Waals surface area contributed by atoms with Gasteiger partial charge in [0.2, 0.25) is 10.0 Å². The van der Waals surface area contributed by atoms with E-state index in [9.17, 15) is 17.2 Å². The van der Waals surface area contributed by atoms with Crippen LogP contribution < -0.4 is 4.72 Å². The zero-order valence-electron chi connectivity index (χ0n) is 11.9. The van der Waals surface area contributed by atoms with Crippen LogP contribution in [0.4, 0.5) is 8.78 Å². The SMILES string of the molecule is CCCC(COC)NS(=O)(=O)c1cc(CO)cc(F)c1F. The lowest BCUT2D eigenvalue weighted by molar-refractivity contribution is 0.171. The summed E-state index contributed by atoms with van der Waals surface area (Å²) in [6.07, 6.45) is 1.20. The zero-order valence-corrected chi connectivity index (χ0v) is 12.7. The Morgan fingerprint density at radius 3 is 2.57 bits per heavy atom. The third kappa shape index (κ3) is 4.70. The fourth-order valence-electron chi connectivity index (χ4n) is 1.91. The van der Waals surface area contributed by atoms with Crippen LogP contribution in [0.15, 0.2) is 17.0 Å². The summed E-state index contributed by atoms with van der Waals surface area (Å²) in [5, 5.41) is 8.97. The van der Waals surface area contributed by atoms with E-state index in [0.717, 1.165) is 12.1 Å². The molecule has 1 unspecified atom stereocenters. The van der Waals surface area contributed by atoms with Crippen molar-refractivity contribution in [2.24, 2.45) is 0 Å². The average molecular weight is 323 g/mol. The summed E-state index contributed by atoms with van der Waals surface area (Å²) in [4.78, 5) is -0.816. The quantitative estimate of drug-likeness (QED) is 0.761. The summed E-state index contributed by atoms with van der Waals surface area (Å²) in [5.41, 5.74) is -0.0203. The molecule has 1 atom stereocenters. The first-order chi connectivity index (χ1) is 9.85. The summed E-state index contributed by atoms with van der Waals surface area (Å²) >= 11 is 0. The predicted octanol–water partition coefficient (Wildman–Crippen LogP) is 1.55. The molecule has 0 heterocycles. The monoisotopic (exact) mass is 323 g/mol. The third-order valence-corrected chi connectivity index (χ3v) is 4.37. The number of ether oxygens (including phenoxy) is 1. The highest BCUT2D eigenvalue weighted by atomic mass is 32.2. The van der Waals surface area contributed by atoms with Gasteiger partial charge in [-0.05, 0) is 24.1 Å². The highest BCUT2D eigenvalue weighted by molar-refractivity contribution is 7.89. The maximum Gasteiger partial charge on any atom is 0.243 e. The van der Waals surface area contributed by atoms with Gasteiger partial charge in [-0.3, -0.25) is 0 Å². The van der Waals surface area contributed by atoms with E-state index in [-0.39, 0.29) is 12.2 Å². The summed E-state index contributed by atoms with van der Waals surface area (Å²) in [7, 11) is -2.83. The Bertz CT molecular complexity index is 572. The lowest BCUT2D eigenvalue weighted by Crippen LogP contribution is -2.38. The summed E-state index contributed by atoms with van der Waals surface area (Å²) in [5.74, 6) is -2.78. The van der Waals surface area contributed by atoms with E-state index in [1.165, 1.54) is 7.11 Å². The van der Waals surface area contributed by atoms with E-state index >= 15 is 0 Å². The van der Waals surface area contributed by atoms with Gasteiger partial charge in [0.05, 0.1) is 13.2 Å². The maximum atomic E-state index is 13.7. The van der Waals surface area contributed by atoms with E-state index in [0.29, 0.717) is 12.8 Å². The van der Waals surface area contributed by atoms with Crippen molar-refractivity contribution in [1.29, 1.82) is 0 Å². The second kappa shape index (κ2) is 7.79. The first-order valence-electron chi connectivity index (χ1n) is 6.45. The number of aliphatic hydroxyl groups is 1. The van der Waals surface area contributed by atoms with Crippen LogP contribution in [0.3, 0.4) is 0 Å². The number of halogens is 2. The molecule has 0 saturated heterocycles. The van der Waals surface area contributed by atoms with Gasteiger partial charge in [0.25, 0.3) is 0 Å². The van der Waals surface area contributed by atoms with Crippen LogP contribution in [0.5, 0.6) is 0 Å². The highest BCUT2D eigenvalue weighted by Gasteiger charge is 2.25. The van der Waals surface area contributed by atoms with E-state index in [4.69, 9.17) is 9.84 Å². The van der Waals surface area contributed by atoms with Crippen LogP contribution in [0.2, 0.25) is 0 Å². The molecule has 0 saturated carbocycles. The van der Waals surface area contributed by atoms with Crippen molar-refractivity contribution in [3.63, 3.8) is 0 Å². The lowest BCUT2D eigenvalue weighted by atomic mass is 10.2. The van der Waals surface area contributed by atoms with Crippen molar-refractivity contribution < 1.29 is 27.0 Å². The van der Waals surface area contributed by atoms with Crippen molar-refractivity contribution in [3.05, 3.63) is 29.3 Å². The van der Waals surface area contributed by atoms with Gasteiger partial charge in [0.15, 0.2) is 11.6 Å². The molecule has 0 radical (unpaired) electrons. The minimum atomic E-state index is -4.25. The highest BCUT2D eigenvalue weighted by Crippen LogP contribution is 2.20. The number of hydrogen-bond acceptors (Lipinski definition) is 4. The van der Waals surface area contributed by atoms with Gasteiger partial charge >= 0.3 is 0 Å². The first-order valence-corrected chi connectivity index (χ1v) is 7.94. The van der Waals surface area contributed by atoms with Gasteiger partial charge in [0, 0.05) is 13.2 Å². The van der Waals surface area contributed by atoms with Crippen molar-refractivity contribution in [2.75, 3.05) is 13.7 Å². The largest absolute Gasteiger partial charge is 0.392 e. The number of nitrogens with one attached hydrogen (secondary N) is 1. The van der Waals surface area contributed by atoms with Gasteiger partial charge in [-0.25, -0.2) is 21.9 Å². The van der Waals surface area contributed by atoms with Crippen LogP contribution in [0.25, 0.3) is 0 Å². The molecule has 0 amide bonds. The molecule has 0 aromatic heterocycles. The van der Waals surface area contributed by atoms with Gasteiger partial charge < -0.3 is 9.84 Å². The molecule has 120 valence electrons. The van der Waals surface area contributed by atoms with Crippen molar-refractivity contribution in [1.82, 2.24) is 4.72 Å². The standard InChI is InChI=1S/C13H19F2NO4S/c1-3-4-10(8-20-2)16-21(18,19)12-6-9(7-17)5-11(14)13(12)15/h5-6,10,16-17H,3-4,7-8H2,1-2H3. The van der Waals surface area contributed by atoms with Crippen LogP contribution in [-0.2, 0) is 21.4 Å². The fourth-order valence-corrected chi connectivity index (χ4v) is 3.30. The molecule has 0 aliphatic carbocycles. The fraction of sp³-hybridized carbons (Fsp3) is 0.538. The van der Waals surface area contributed by atoms with Crippen molar-refractivity contribution in [3.8, 4) is 0 Å². The Hall–Kier alpha value is -1.09. The Morgan fingerprint density at radius 2 is 2.05 bits per heavy atom. The Morgan fingerprint density at radius 1 is 1.38 bits per heavy atom. The number of methoxy groups -OCH3 is 1. The van der Waals surface area contributed by atoms with Gasteiger partial charge in [0.1, 0.15) is 4.90 Å². The van der Waals surface area contributed by atoms with Crippen LogP contribution in [0.1, 0.15) is 25.3 Å². The van der Waals surface area contributed by atoms with Crippen LogP contribution >= 0.6 is 0 Å².